The van der Waals surface area contributed by atoms with Gasteiger partial charge in [0.05, 0.1) is 10.7 Å². The zero-order chi connectivity index (χ0) is 20.2. The van der Waals surface area contributed by atoms with E-state index in [4.69, 9.17) is 17.3 Å². The molecule has 152 valence electrons. The average Bonchev–Trinajstić information content (AvgIpc) is 3.27. The zero-order valence-electron chi connectivity index (χ0n) is 16.6. The highest BCUT2D eigenvalue weighted by Crippen LogP contribution is 2.43. The van der Waals surface area contributed by atoms with Crippen molar-refractivity contribution in [1.82, 2.24) is 5.32 Å². The summed E-state index contributed by atoms with van der Waals surface area (Å²) in [5.74, 6) is 0.476. The largest absolute Gasteiger partial charge is 0.370 e. The van der Waals surface area contributed by atoms with E-state index in [9.17, 15) is 4.79 Å². The van der Waals surface area contributed by atoms with Crippen molar-refractivity contribution in [3.63, 3.8) is 0 Å². The Hall–Kier alpha value is -2.30. The zero-order valence-corrected chi connectivity index (χ0v) is 17.3. The van der Waals surface area contributed by atoms with E-state index < -0.39 is 0 Å². The van der Waals surface area contributed by atoms with Crippen LogP contribution in [0.4, 0.5) is 5.69 Å². The third-order valence-corrected chi connectivity index (χ3v) is 6.56. The van der Waals surface area contributed by atoms with Crippen LogP contribution in [0, 0.1) is 5.92 Å². The molecule has 5 heteroatoms. The molecule has 0 radical (unpaired) electrons. The van der Waals surface area contributed by atoms with E-state index in [1.807, 2.05) is 12.1 Å². The summed E-state index contributed by atoms with van der Waals surface area (Å²) < 4.78 is 0. The van der Waals surface area contributed by atoms with Crippen molar-refractivity contribution < 1.29 is 4.79 Å². The van der Waals surface area contributed by atoms with Crippen LogP contribution in [0.3, 0.4) is 0 Å². The lowest BCUT2D eigenvalue weighted by atomic mass is 9.70. The summed E-state index contributed by atoms with van der Waals surface area (Å²) in [4.78, 5) is 14.2. The van der Waals surface area contributed by atoms with Gasteiger partial charge in [-0.25, -0.2) is 0 Å². The van der Waals surface area contributed by atoms with Crippen molar-refractivity contribution >= 4 is 23.2 Å². The molecule has 2 aromatic rings. The molecule has 0 spiro atoms. The van der Waals surface area contributed by atoms with E-state index in [0.29, 0.717) is 18.3 Å². The van der Waals surface area contributed by atoms with Gasteiger partial charge < -0.3 is 16.0 Å². The van der Waals surface area contributed by atoms with Gasteiger partial charge in [-0.1, -0.05) is 60.2 Å². The summed E-state index contributed by atoms with van der Waals surface area (Å²) in [5.41, 5.74) is 9.15. The molecule has 4 rings (SSSR count). The van der Waals surface area contributed by atoms with Crippen LogP contribution in [0.25, 0.3) is 0 Å². The Morgan fingerprint density at radius 2 is 1.93 bits per heavy atom. The van der Waals surface area contributed by atoms with Gasteiger partial charge in [0.15, 0.2) is 0 Å². The Kier molecular flexibility index (Phi) is 6.22. The molecule has 2 aliphatic rings. The maximum absolute atomic E-state index is 12.0. The molecule has 1 amide bonds. The number of primary amides is 1. The molecule has 2 heterocycles. The van der Waals surface area contributed by atoms with Crippen LogP contribution in [0.5, 0.6) is 0 Å². The van der Waals surface area contributed by atoms with Crippen LogP contribution in [0.2, 0.25) is 5.02 Å². The number of carbonyl (C=O) groups is 1. The standard InChI is InChI=1S/C24H28ClN3O/c25-22-14-18(8-9-23(22)28-12-4-5-13-28)20(15-24(26)29)19-10-11-27-16-21(19)17-6-2-1-3-7-17/h1-9,14,19-21,27H,10-13,15-16H2,(H2,26,29). The predicted molar refractivity (Wildman–Crippen MR) is 120 cm³/mol. The van der Waals surface area contributed by atoms with Gasteiger partial charge in [-0.2, -0.15) is 0 Å². The third kappa shape index (κ3) is 4.49. The van der Waals surface area contributed by atoms with Gasteiger partial charge in [0.2, 0.25) is 5.91 Å². The highest BCUT2D eigenvalue weighted by molar-refractivity contribution is 6.33. The number of carbonyl (C=O) groups excluding carboxylic acids is 1. The Bertz CT molecular complexity index is 875. The van der Waals surface area contributed by atoms with Gasteiger partial charge in [-0.15, -0.1) is 0 Å². The number of nitrogens with zero attached hydrogens (tertiary/aromatic N) is 1. The summed E-state index contributed by atoms with van der Waals surface area (Å²) in [5, 5.41) is 4.27. The number of benzene rings is 2. The van der Waals surface area contributed by atoms with E-state index in [-0.39, 0.29) is 11.8 Å². The molecule has 2 aromatic carbocycles. The van der Waals surface area contributed by atoms with Crippen LogP contribution in [-0.2, 0) is 4.79 Å². The first-order valence-corrected chi connectivity index (χ1v) is 10.7. The lowest BCUT2D eigenvalue weighted by Gasteiger charge is -2.38. The van der Waals surface area contributed by atoms with E-state index in [1.54, 1.807) is 0 Å². The predicted octanol–water partition coefficient (Wildman–Crippen LogP) is 4.07. The number of halogens is 1. The van der Waals surface area contributed by atoms with Crippen LogP contribution in [0.15, 0.2) is 60.7 Å². The molecular formula is C24H28ClN3O. The van der Waals surface area contributed by atoms with Crippen molar-refractivity contribution in [3.8, 4) is 0 Å². The quantitative estimate of drug-likeness (QED) is 0.707. The molecule has 0 aliphatic carbocycles. The van der Waals surface area contributed by atoms with Crippen molar-refractivity contribution in [2.24, 2.45) is 11.7 Å². The first-order valence-electron chi connectivity index (χ1n) is 10.4. The van der Waals surface area contributed by atoms with Gasteiger partial charge in [-0.3, -0.25) is 4.79 Å². The molecule has 1 fully saturated rings. The van der Waals surface area contributed by atoms with Crippen molar-refractivity contribution in [2.75, 3.05) is 31.1 Å². The Morgan fingerprint density at radius 1 is 1.17 bits per heavy atom. The number of hydrogen-bond donors (Lipinski definition) is 2. The third-order valence-electron chi connectivity index (χ3n) is 6.26. The number of nitrogens with two attached hydrogens (primary N) is 1. The fourth-order valence-corrected chi connectivity index (χ4v) is 5.15. The SMILES string of the molecule is NC(=O)CC(c1ccc(N2CC=CC2)c(Cl)c1)C1CCNCC1c1ccccc1. The lowest BCUT2D eigenvalue weighted by molar-refractivity contribution is -0.118. The average molecular weight is 410 g/mol. The number of piperidine rings is 1. The van der Waals surface area contributed by atoms with E-state index in [2.05, 4.69) is 58.8 Å². The minimum Gasteiger partial charge on any atom is -0.370 e. The lowest BCUT2D eigenvalue weighted by Crippen LogP contribution is -2.38. The second-order valence-electron chi connectivity index (χ2n) is 8.04. The summed E-state index contributed by atoms with van der Waals surface area (Å²) >= 11 is 6.68. The molecule has 1 saturated heterocycles. The monoisotopic (exact) mass is 409 g/mol. The molecule has 0 saturated carbocycles. The Morgan fingerprint density at radius 3 is 2.62 bits per heavy atom. The first kappa shape index (κ1) is 20.0. The minimum absolute atomic E-state index is 0.0584. The molecule has 3 unspecified atom stereocenters. The Labute approximate surface area is 177 Å². The molecule has 3 atom stereocenters. The fourth-order valence-electron chi connectivity index (χ4n) is 4.84. The molecule has 29 heavy (non-hydrogen) atoms. The van der Waals surface area contributed by atoms with Gasteiger partial charge in [-0.05, 0) is 54.0 Å². The summed E-state index contributed by atoms with van der Waals surface area (Å²) in [6.45, 7) is 3.63. The van der Waals surface area contributed by atoms with Crippen molar-refractivity contribution in [3.05, 3.63) is 76.8 Å². The molecule has 0 aromatic heterocycles. The van der Waals surface area contributed by atoms with E-state index in [0.717, 1.165) is 48.9 Å². The molecule has 2 aliphatic heterocycles. The van der Waals surface area contributed by atoms with Gasteiger partial charge in [0.25, 0.3) is 0 Å². The minimum atomic E-state index is -0.260. The van der Waals surface area contributed by atoms with E-state index >= 15 is 0 Å². The summed E-state index contributed by atoms with van der Waals surface area (Å²) in [6.07, 6.45) is 5.65. The van der Waals surface area contributed by atoms with Crippen LogP contribution >= 0.6 is 11.6 Å². The highest BCUT2D eigenvalue weighted by atomic mass is 35.5. The smallest absolute Gasteiger partial charge is 0.218 e. The number of nitrogens with one attached hydrogen (secondary N) is 1. The second kappa shape index (κ2) is 9.02. The highest BCUT2D eigenvalue weighted by Gasteiger charge is 2.34. The van der Waals surface area contributed by atoms with Gasteiger partial charge in [0, 0.05) is 26.1 Å². The topological polar surface area (TPSA) is 58.4 Å². The molecule has 0 bridgehead atoms. The maximum atomic E-state index is 12.0. The number of rotatable bonds is 6. The van der Waals surface area contributed by atoms with Crippen molar-refractivity contribution in [1.29, 1.82) is 0 Å². The maximum Gasteiger partial charge on any atom is 0.218 e. The van der Waals surface area contributed by atoms with Crippen LogP contribution in [-0.4, -0.2) is 32.1 Å². The van der Waals surface area contributed by atoms with E-state index in [1.165, 1.54) is 5.56 Å². The normalized spacial score (nSPS) is 22.6. The molecule has 4 nitrogen and oxygen atoms in total. The van der Waals surface area contributed by atoms with Crippen molar-refractivity contribution in [2.45, 2.75) is 24.7 Å². The number of anilines is 1. The van der Waals surface area contributed by atoms with Gasteiger partial charge >= 0.3 is 0 Å². The Balaban J connectivity index is 1.66. The van der Waals surface area contributed by atoms with Gasteiger partial charge in [0.1, 0.15) is 0 Å². The first-order chi connectivity index (χ1) is 14.1. The second-order valence-corrected chi connectivity index (χ2v) is 8.45. The summed E-state index contributed by atoms with van der Waals surface area (Å²) in [6, 6.07) is 16.9. The fraction of sp³-hybridized carbons (Fsp3) is 0.375. The molecule has 3 N–H and O–H groups in total. The number of amides is 1. The molecular weight excluding hydrogens is 382 g/mol. The van der Waals surface area contributed by atoms with Crippen LogP contribution < -0.4 is 16.0 Å². The number of hydrogen-bond acceptors (Lipinski definition) is 3. The summed E-state index contributed by atoms with van der Waals surface area (Å²) in [7, 11) is 0. The van der Waals surface area contributed by atoms with Crippen LogP contribution in [0.1, 0.15) is 35.8 Å².